The second-order valence-electron chi connectivity index (χ2n) is 7.75. The maximum absolute atomic E-state index is 4.68. The summed E-state index contributed by atoms with van der Waals surface area (Å²) in [6, 6.07) is 4.51. The van der Waals surface area contributed by atoms with Gasteiger partial charge in [-0.25, -0.2) is 4.99 Å². The molecular weight excluding hydrogens is 354 g/mol. The van der Waals surface area contributed by atoms with Crippen LogP contribution in [-0.4, -0.2) is 10.6 Å². The third-order valence-electron chi connectivity index (χ3n) is 5.59. The third kappa shape index (κ3) is 4.61. The number of hydrogen-bond acceptors (Lipinski definition) is 3. The van der Waals surface area contributed by atoms with Gasteiger partial charge >= 0.3 is 0 Å². The molecule has 29 heavy (non-hydrogen) atoms. The Morgan fingerprint density at radius 1 is 1.24 bits per heavy atom. The van der Waals surface area contributed by atoms with Gasteiger partial charge in [-0.2, -0.15) is 0 Å². The summed E-state index contributed by atoms with van der Waals surface area (Å²) < 4.78 is 0. The molecule has 0 radical (unpaired) electrons. The molecule has 3 nitrogen and oxygen atoms in total. The Balaban J connectivity index is 2.27. The standard InChI is InChI=1S/C26H35N3/c1-11-17(5)29-18(6)15-26(28-22(29)10)21(9)27-20(8)25-14-13-24(16(3)4)19(7)23(25)12-2/h11,13-15,20,27H,3,9-10,12H2,1-2,4-8H3/b17-11-. The Morgan fingerprint density at radius 2 is 1.90 bits per heavy atom. The maximum Gasteiger partial charge on any atom is 0.130 e. The molecule has 2 rings (SSSR count). The predicted octanol–water partition coefficient (Wildman–Crippen LogP) is 6.81. The molecule has 1 aromatic carbocycles. The number of rotatable bonds is 7. The summed E-state index contributed by atoms with van der Waals surface area (Å²) in [5.74, 6) is 0.710. The molecule has 3 heteroatoms. The highest BCUT2D eigenvalue weighted by atomic mass is 15.2. The van der Waals surface area contributed by atoms with Crippen LogP contribution in [0.1, 0.15) is 69.8 Å². The lowest BCUT2D eigenvalue weighted by atomic mass is 9.89. The Kier molecular flexibility index (Phi) is 7.07. The molecule has 154 valence electrons. The van der Waals surface area contributed by atoms with E-state index in [9.17, 15) is 0 Å². The zero-order valence-corrected chi connectivity index (χ0v) is 19.1. The molecule has 1 heterocycles. The molecule has 1 aromatic rings. The number of benzene rings is 1. The van der Waals surface area contributed by atoms with Crippen molar-refractivity contribution < 1.29 is 0 Å². The maximum atomic E-state index is 4.68. The quantitative estimate of drug-likeness (QED) is 0.554. The van der Waals surface area contributed by atoms with E-state index in [2.05, 4.69) is 101 Å². The summed E-state index contributed by atoms with van der Waals surface area (Å²) in [7, 11) is 0. The number of nitrogens with zero attached hydrogens (tertiary/aromatic N) is 2. The first-order valence-corrected chi connectivity index (χ1v) is 10.2. The minimum absolute atomic E-state index is 0.121. The second kappa shape index (κ2) is 9.13. The molecule has 0 saturated carbocycles. The highest BCUT2D eigenvalue weighted by molar-refractivity contribution is 6.09. The minimum atomic E-state index is 0.121. The van der Waals surface area contributed by atoms with Gasteiger partial charge in [-0.1, -0.05) is 50.4 Å². The van der Waals surface area contributed by atoms with Gasteiger partial charge in [0.05, 0.1) is 11.4 Å². The fourth-order valence-electron chi connectivity index (χ4n) is 3.98. The van der Waals surface area contributed by atoms with E-state index in [1.807, 2.05) is 6.92 Å². The molecule has 0 aliphatic carbocycles. The van der Waals surface area contributed by atoms with Crippen LogP contribution in [0, 0.1) is 6.92 Å². The SMILES string of the molecule is C=C(NC(C)c1ccc(C(=C)C)c(C)c1CC)C1=NC(=C)N(/C(C)=C\C)C(C)=C1. The van der Waals surface area contributed by atoms with Crippen LogP contribution < -0.4 is 5.32 Å². The van der Waals surface area contributed by atoms with Gasteiger partial charge in [0.2, 0.25) is 0 Å². The van der Waals surface area contributed by atoms with Crippen LogP contribution in [0.15, 0.2) is 71.9 Å². The monoisotopic (exact) mass is 389 g/mol. The van der Waals surface area contributed by atoms with Crippen molar-refractivity contribution >= 4 is 11.3 Å². The molecule has 0 saturated heterocycles. The van der Waals surface area contributed by atoms with E-state index in [1.54, 1.807) is 0 Å². The molecule has 1 N–H and O–H groups in total. The summed E-state index contributed by atoms with van der Waals surface area (Å²) in [4.78, 5) is 6.74. The van der Waals surface area contributed by atoms with Crippen LogP contribution in [0.2, 0.25) is 0 Å². The van der Waals surface area contributed by atoms with Crippen molar-refractivity contribution in [2.75, 3.05) is 0 Å². The number of aliphatic imine (C=N–C) groups is 1. The first-order valence-electron chi connectivity index (χ1n) is 10.2. The van der Waals surface area contributed by atoms with E-state index >= 15 is 0 Å². The number of allylic oxidation sites excluding steroid dienone is 5. The van der Waals surface area contributed by atoms with Crippen molar-refractivity contribution in [1.29, 1.82) is 0 Å². The number of nitrogens with one attached hydrogen (secondary N) is 1. The van der Waals surface area contributed by atoms with E-state index in [0.717, 1.165) is 34.8 Å². The van der Waals surface area contributed by atoms with E-state index < -0.39 is 0 Å². The highest BCUT2D eigenvalue weighted by Gasteiger charge is 2.20. The van der Waals surface area contributed by atoms with Crippen LogP contribution >= 0.6 is 0 Å². The van der Waals surface area contributed by atoms with Gasteiger partial charge in [0.1, 0.15) is 5.82 Å². The van der Waals surface area contributed by atoms with Crippen molar-refractivity contribution in [3.8, 4) is 0 Å². The lowest BCUT2D eigenvalue weighted by molar-refractivity contribution is 0.518. The molecule has 1 aliphatic rings. The minimum Gasteiger partial charge on any atom is -0.377 e. The van der Waals surface area contributed by atoms with Crippen molar-refractivity contribution in [3.63, 3.8) is 0 Å². The third-order valence-corrected chi connectivity index (χ3v) is 5.59. The molecule has 0 fully saturated rings. The molecule has 1 aliphatic heterocycles. The van der Waals surface area contributed by atoms with E-state index in [-0.39, 0.29) is 6.04 Å². The topological polar surface area (TPSA) is 27.6 Å². The molecule has 0 aromatic heterocycles. The predicted molar refractivity (Wildman–Crippen MR) is 128 cm³/mol. The highest BCUT2D eigenvalue weighted by Crippen LogP contribution is 2.29. The van der Waals surface area contributed by atoms with Gasteiger partial charge in [-0.15, -0.1) is 0 Å². The first kappa shape index (κ1) is 22.5. The zero-order chi connectivity index (χ0) is 21.9. The van der Waals surface area contributed by atoms with Crippen molar-refractivity contribution in [3.05, 3.63) is 89.2 Å². The largest absolute Gasteiger partial charge is 0.377 e. The van der Waals surface area contributed by atoms with Crippen LogP contribution in [0.4, 0.5) is 0 Å². The van der Waals surface area contributed by atoms with Gasteiger partial charge in [0.25, 0.3) is 0 Å². The van der Waals surface area contributed by atoms with Crippen molar-refractivity contribution in [2.45, 2.75) is 60.9 Å². The smallest absolute Gasteiger partial charge is 0.130 e. The summed E-state index contributed by atoms with van der Waals surface area (Å²) in [6.45, 7) is 27.3. The Morgan fingerprint density at radius 3 is 2.41 bits per heavy atom. The first-order chi connectivity index (χ1) is 13.6. The summed E-state index contributed by atoms with van der Waals surface area (Å²) >= 11 is 0. The summed E-state index contributed by atoms with van der Waals surface area (Å²) in [6.07, 6.45) is 5.09. The zero-order valence-electron chi connectivity index (χ0n) is 19.1. The fourth-order valence-corrected chi connectivity index (χ4v) is 3.98. The second-order valence-corrected chi connectivity index (χ2v) is 7.75. The lowest BCUT2D eigenvalue weighted by Crippen LogP contribution is -2.28. The van der Waals surface area contributed by atoms with Gasteiger partial charge in [0, 0.05) is 17.4 Å². The molecule has 0 amide bonds. The molecule has 1 unspecified atom stereocenters. The summed E-state index contributed by atoms with van der Waals surface area (Å²) in [5, 5.41) is 3.55. The van der Waals surface area contributed by atoms with Gasteiger partial charge in [0.15, 0.2) is 0 Å². The van der Waals surface area contributed by atoms with Gasteiger partial charge in [-0.05, 0) is 76.3 Å². The fraction of sp³-hybridized carbons (Fsp3) is 0.346. The van der Waals surface area contributed by atoms with Crippen LogP contribution in [0.3, 0.4) is 0 Å². The summed E-state index contributed by atoms with van der Waals surface area (Å²) in [5.41, 5.74) is 10.1. The van der Waals surface area contributed by atoms with E-state index in [0.29, 0.717) is 5.82 Å². The average molecular weight is 390 g/mol. The molecule has 1 atom stereocenters. The van der Waals surface area contributed by atoms with E-state index in [1.165, 1.54) is 22.3 Å². The average Bonchev–Trinajstić information content (AvgIpc) is 2.66. The Labute approximate surface area is 176 Å². The van der Waals surface area contributed by atoms with Crippen molar-refractivity contribution in [2.24, 2.45) is 4.99 Å². The normalized spacial score (nSPS) is 15.6. The Bertz CT molecular complexity index is 941. The molecule has 0 bridgehead atoms. The Hall–Kier alpha value is -2.81. The van der Waals surface area contributed by atoms with Crippen LogP contribution in [0.25, 0.3) is 5.57 Å². The van der Waals surface area contributed by atoms with E-state index in [4.69, 9.17) is 0 Å². The van der Waals surface area contributed by atoms with Gasteiger partial charge < -0.3 is 10.2 Å². The molecular formula is C26H35N3. The van der Waals surface area contributed by atoms with Crippen LogP contribution in [-0.2, 0) is 6.42 Å². The van der Waals surface area contributed by atoms with Gasteiger partial charge in [-0.3, -0.25) is 0 Å². The number of hydrogen-bond donors (Lipinski definition) is 1. The van der Waals surface area contributed by atoms with Crippen LogP contribution in [0.5, 0.6) is 0 Å². The molecule has 0 spiro atoms. The van der Waals surface area contributed by atoms with Crippen molar-refractivity contribution in [1.82, 2.24) is 10.2 Å². The lowest BCUT2D eigenvalue weighted by Gasteiger charge is -2.30.